The van der Waals surface area contributed by atoms with Crippen LogP contribution in [0.2, 0.25) is 0 Å². The van der Waals surface area contributed by atoms with Crippen molar-refractivity contribution in [3.8, 4) is 0 Å². The molecule has 3 heteroatoms. The molecule has 0 heterocycles. The van der Waals surface area contributed by atoms with Crippen LogP contribution < -0.4 is 0 Å². The van der Waals surface area contributed by atoms with Gasteiger partial charge in [-0.3, -0.25) is 0 Å². The average Bonchev–Trinajstić information content (AvgIpc) is 2.36. The summed E-state index contributed by atoms with van der Waals surface area (Å²) in [5.74, 6) is 0.846. The largest absolute Gasteiger partial charge is 0.388 e. The lowest BCUT2D eigenvalue weighted by Crippen LogP contribution is -2.36. The fourth-order valence-corrected chi connectivity index (χ4v) is 2.79. The van der Waals surface area contributed by atoms with Crippen LogP contribution in [0.25, 0.3) is 0 Å². The quantitative estimate of drug-likeness (QED) is 0.780. The van der Waals surface area contributed by atoms with Gasteiger partial charge in [-0.1, -0.05) is 52.8 Å². The van der Waals surface area contributed by atoms with Gasteiger partial charge in [0.2, 0.25) is 0 Å². The van der Waals surface area contributed by atoms with E-state index in [2.05, 4.69) is 32.6 Å². The zero-order valence-electron chi connectivity index (χ0n) is 14.0. The van der Waals surface area contributed by atoms with Crippen molar-refractivity contribution in [3.05, 3.63) is 35.6 Å². The highest BCUT2D eigenvalue weighted by Gasteiger charge is 2.22. The number of nitrogens with zero attached hydrogens (tertiary/aromatic N) is 1. The molecule has 0 saturated carbocycles. The molecule has 1 N–H and O–H groups in total. The lowest BCUT2D eigenvalue weighted by atomic mass is 9.95. The first-order chi connectivity index (χ1) is 9.81. The number of aliphatic hydroxyl groups is 1. The molecular weight excluding hydrogens is 265 g/mol. The second kappa shape index (κ2) is 8.50. The van der Waals surface area contributed by atoms with Crippen molar-refractivity contribution in [1.82, 2.24) is 4.90 Å². The highest BCUT2D eigenvalue weighted by Crippen LogP contribution is 2.25. The minimum absolute atomic E-state index is 0.000556. The normalized spacial score (nSPS) is 15.0. The van der Waals surface area contributed by atoms with Gasteiger partial charge in [0.1, 0.15) is 5.82 Å². The Morgan fingerprint density at radius 2 is 1.48 bits per heavy atom. The van der Waals surface area contributed by atoms with E-state index in [9.17, 15) is 9.50 Å². The number of rotatable bonds is 8. The van der Waals surface area contributed by atoms with E-state index in [0.29, 0.717) is 17.4 Å². The Morgan fingerprint density at radius 1 is 0.952 bits per heavy atom. The minimum atomic E-state index is -0.756. The summed E-state index contributed by atoms with van der Waals surface area (Å²) in [7, 11) is 0. The highest BCUT2D eigenvalue weighted by atomic mass is 19.1. The summed E-state index contributed by atoms with van der Waals surface area (Å²) >= 11 is 0. The van der Waals surface area contributed by atoms with Gasteiger partial charge in [-0.15, -0.1) is 0 Å². The molecule has 0 aliphatic heterocycles. The number of hydrogen-bond acceptors (Lipinski definition) is 2. The van der Waals surface area contributed by atoms with Gasteiger partial charge in [-0.25, -0.2) is 4.39 Å². The van der Waals surface area contributed by atoms with Crippen molar-refractivity contribution in [2.24, 2.45) is 17.8 Å². The first-order valence-electron chi connectivity index (χ1n) is 7.96. The molecule has 2 atom stereocenters. The predicted molar refractivity (Wildman–Crippen MR) is 86.6 cm³/mol. The van der Waals surface area contributed by atoms with E-state index in [1.807, 2.05) is 6.92 Å². The molecule has 2 unspecified atom stereocenters. The van der Waals surface area contributed by atoms with Gasteiger partial charge in [-0.2, -0.15) is 0 Å². The molecule has 0 radical (unpaired) electrons. The van der Waals surface area contributed by atoms with Crippen LogP contribution in [0.3, 0.4) is 0 Å². The van der Waals surface area contributed by atoms with Gasteiger partial charge in [0, 0.05) is 25.2 Å². The number of halogens is 1. The van der Waals surface area contributed by atoms with Crippen molar-refractivity contribution in [1.29, 1.82) is 0 Å². The Morgan fingerprint density at radius 3 is 1.95 bits per heavy atom. The summed E-state index contributed by atoms with van der Waals surface area (Å²) in [4.78, 5) is 2.38. The second-order valence-electron chi connectivity index (χ2n) is 6.95. The molecule has 0 saturated heterocycles. The van der Waals surface area contributed by atoms with Crippen LogP contribution >= 0.6 is 0 Å². The molecule has 1 aromatic carbocycles. The van der Waals surface area contributed by atoms with Gasteiger partial charge in [-0.05, 0) is 23.8 Å². The monoisotopic (exact) mass is 295 g/mol. The van der Waals surface area contributed by atoms with Gasteiger partial charge in [0.25, 0.3) is 0 Å². The van der Waals surface area contributed by atoms with Gasteiger partial charge < -0.3 is 10.0 Å². The fraction of sp³-hybridized carbons (Fsp3) is 0.667. The fourth-order valence-electron chi connectivity index (χ4n) is 2.79. The molecule has 1 rings (SSSR count). The first kappa shape index (κ1) is 18.1. The van der Waals surface area contributed by atoms with E-state index >= 15 is 0 Å². The third-order valence-corrected chi connectivity index (χ3v) is 3.56. The molecular formula is C18H30FNO. The zero-order chi connectivity index (χ0) is 16.0. The second-order valence-corrected chi connectivity index (χ2v) is 6.95. The topological polar surface area (TPSA) is 23.5 Å². The summed E-state index contributed by atoms with van der Waals surface area (Å²) in [6.07, 6.45) is -0.756. The Kier molecular flexibility index (Phi) is 7.33. The number of hydrogen-bond donors (Lipinski definition) is 1. The van der Waals surface area contributed by atoms with E-state index in [-0.39, 0.29) is 11.7 Å². The molecule has 0 bridgehead atoms. The first-order valence-corrected chi connectivity index (χ1v) is 7.96. The van der Waals surface area contributed by atoms with Crippen molar-refractivity contribution in [2.45, 2.75) is 40.7 Å². The van der Waals surface area contributed by atoms with Crippen LogP contribution in [0, 0.1) is 23.6 Å². The third-order valence-electron chi connectivity index (χ3n) is 3.56. The Labute approximate surface area is 129 Å². The summed E-state index contributed by atoms with van der Waals surface area (Å²) < 4.78 is 13.8. The summed E-state index contributed by atoms with van der Waals surface area (Å²) in [6, 6.07) is 6.51. The molecule has 0 aliphatic rings. The van der Waals surface area contributed by atoms with Crippen molar-refractivity contribution < 1.29 is 9.50 Å². The maximum absolute atomic E-state index is 13.8. The van der Waals surface area contributed by atoms with Crippen molar-refractivity contribution >= 4 is 0 Å². The van der Waals surface area contributed by atoms with E-state index in [1.165, 1.54) is 6.07 Å². The van der Waals surface area contributed by atoms with Crippen LogP contribution in [-0.2, 0) is 0 Å². The van der Waals surface area contributed by atoms with E-state index in [1.54, 1.807) is 18.2 Å². The number of aliphatic hydroxyl groups excluding tert-OH is 1. The molecule has 0 amide bonds. The van der Waals surface area contributed by atoms with Gasteiger partial charge in [0.05, 0.1) is 6.10 Å². The summed E-state index contributed by atoms with van der Waals surface area (Å²) in [5.41, 5.74) is 0.402. The van der Waals surface area contributed by atoms with Crippen LogP contribution in [0.15, 0.2) is 24.3 Å². The third kappa shape index (κ3) is 6.15. The van der Waals surface area contributed by atoms with Crippen LogP contribution in [-0.4, -0.2) is 29.6 Å². The van der Waals surface area contributed by atoms with Crippen LogP contribution in [0.4, 0.5) is 4.39 Å². The standard InChI is InChI=1S/C18H30FNO/c1-13(2)10-20(11-14(3)4)12-15(5)18(21)16-8-6-7-9-17(16)19/h6-9,13-15,18,21H,10-12H2,1-5H3. The van der Waals surface area contributed by atoms with Gasteiger partial charge in [0.15, 0.2) is 0 Å². The van der Waals surface area contributed by atoms with Crippen LogP contribution in [0.5, 0.6) is 0 Å². The van der Waals surface area contributed by atoms with Crippen molar-refractivity contribution in [2.75, 3.05) is 19.6 Å². The molecule has 120 valence electrons. The van der Waals surface area contributed by atoms with E-state index < -0.39 is 6.10 Å². The maximum Gasteiger partial charge on any atom is 0.129 e. The summed E-state index contributed by atoms with van der Waals surface area (Å²) in [5, 5.41) is 10.4. The zero-order valence-corrected chi connectivity index (χ0v) is 14.0. The van der Waals surface area contributed by atoms with Gasteiger partial charge >= 0.3 is 0 Å². The van der Waals surface area contributed by atoms with E-state index in [0.717, 1.165) is 19.6 Å². The Balaban J connectivity index is 2.71. The molecule has 1 aromatic rings. The Bertz CT molecular complexity index is 409. The van der Waals surface area contributed by atoms with Crippen LogP contribution in [0.1, 0.15) is 46.3 Å². The molecule has 2 nitrogen and oxygen atoms in total. The highest BCUT2D eigenvalue weighted by molar-refractivity contribution is 5.20. The maximum atomic E-state index is 13.8. The lowest BCUT2D eigenvalue weighted by molar-refractivity contribution is 0.0777. The molecule has 0 aliphatic carbocycles. The molecule has 0 aromatic heterocycles. The predicted octanol–water partition coefficient (Wildman–Crippen LogP) is 4.11. The molecule has 0 fully saturated rings. The smallest absolute Gasteiger partial charge is 0.129 e. The SMILES string of the molecule is CC(C)CN(CC(C)C)CC(C)C(O)c1ccccc1F. The Hall–Kier alpha value is -0.930. The average molecular weight is 295 g/mol. The van der Waals surface area contributed by atoms with Crippen molar-refractivity contribution in [3.63, 3.8) is 0 Å². The number of benzene rings is 1. The van der Waals surface area contributed by atoms with E-state index in [4.69, 9.17) is 0 Å². The summed E-state index contributed by atoms with van der Waals surface area (Å²) in [6.45, 7) is 13.6. The molecule has 21 heavy (non-hydrogen) atoms. The lowest BCUT2D eigenvalue weighted by Gasteiger charge is -2.31. The molecule has 0 spiro atoms. The minimum Gasteiger partial charge on any atom is -0.388 e.